The molecule has 0 spiro atoms. The zero-order valence-electron chi connectivity index (χ0n) is 11.9. The molecule has 0 atom stereocenters. The average molecular weight is 285 g/mol. The number of nitrogens with one attached hydrogen (secondary N) is 2. The molecule has 0 saturated carbocycles. The van der Waals surface area contributed by atoms with Gasteiger partial charge in [-0.15, -0.1) is 0 Å². The number of amides is 1. The lowest BCUT2D eigenvalue weighted by Crippen LogP contribution is -3.11. The zero-order valence-corrected chi connectivity index (χ0v) is 12.7. The quantitative estimate of drug-likeness (QED) is 0.516. The van der Waals surface area contributed by atoms with Crippen LogP contribution in [0, 0.1) is 0 Å². The van der Waals surface area contributed by atoms with Crippen LogP contribution in [0.1, 0.15) is 25.8 Å². The first-order chi connectivity index (χ1) is 8.76. The first-order valence-corrected chi connectivity index (χ1v) is 6.90. The molecule has 0 aliphatic rings. The van der Waals surface area contributed by atoms with Crippen LogP contribution in [0.25, 0.3) is 0 Å². The first kappa shape index (κ1) is 17.9. The van der Waals surface area contributed by atoms with Crippen LogP contribution in [0.5, 0.6) is 0 Å². The molecule has 4 heteroatoms. The van der Waals surface area contributed by atoms with Gasteiger partial charge in [0.1, 0.15) is 0 Å². The fourth-order valence-electron chi connectivity index (χ4n) is 2.01. The minimum absolute atomic E-state index is 0. The van der Waals surface area contributed by atoms with Crippen LogP contribution in [-0.2, 0) is 11.2 Å². The number of benzene rings is 1. The molecule has 1 aromatic carbocycles. The van der Waals surface area contributed by atoms with Crippen LogP contribution >= 0.6 is 0 Å². The van der Waals surface area contributed by atoms with E-state index >= 15 is 0 Å². The number of halogens is 1. The van der Waals surface area contributed by atoms with E-state index in [0.29, 0.717) is 6.42 Å². The van der Waals surface area contributed by atoms with Crippen LogP contribution in [0.15, 0.2) is 30.3 Å². The molecule has 1 amide bonds. The maximum atomic E-state index is 11.7. The minimum Gasteiger partial charge on any atom is -1.00 e. The van der Waals surface area contributed by atoms with Gasteiger partial charge in [-0.1, -0.05) is 30.3 Å². The molecular weight excluding hydrogens is 260 g/mol. The Bertz CT molecular complexity index is 339. The van der Waals surface area contributed by atoms with Gasteiger partial charge in [0.2, 0.25) is 5.91 Å². The van der Waals surface area contributed by atoms with E-state index in [2.05, 4.69) is 19.2 Å². The van der Waals surface area contributed by atoms with Crippen molar-refractivity contribution in [1.29, 1.82) is 0 Å². The van der Waals surface area contributed by atoms with Crippen LogP contribution in [-0.4, -0.2) is 32.1 Å². The summed E-state index contributed by atoms with van der Waals surface area (Å²) in [5.74, 6) is 0.121. The van der Waals surface area contributed by atoms with Crippen molar-refractivity contribution in [3.8, 4) is 0 Å². The molecule has 0 radical (unpaired) electrons. The molecule has 0 heterocycles. The Morgan fingerprint density at radius 1 is 1.16 bits per heavy atom. The van der Waals surface area contributed by atoms with Crippen molar-refractivity contribution in [2.75, 3.05) is 26.2 Å². The van der Waals surface area contributed by atoms with E-state index in [4.69, 9.17) is 0 Å². The Morgan fingerprint density at radius 2 is 1.79 bits per heavy atom. The SMILES string of the molecule is CC[NH+](CC)CCCNC(=O)Cc1ccccc1.[Cl-]. The summed E-state index contributed by atoms with van der Waals surface area (Å²) in [4.78, 5) is 13.3. The molecule has 108 valence electrons. The second-order valence-electron chi connectivity index (χ2n) is 4.57. The van der Waals surface area contributed by atoms with E-state index in [1.165, 1.54) is 0 Å². The molecule has 1 aromatic rings. The molecule has 3 nitrogen and oxygen atoms in total. The smallest absolute Gasteiger partial charge is 0.224 e. The van der Waals surface area contributed by atoms with Gasteiger partial charge < -0.3 is 22.6 Å². The van der Waals surface area contributed by atoms with Gasteiger partial charge in [0, 0.05) is 13.0 Å². The van der Waals surface area contributed by atoms with Crippen molar-refractivity contribution in [2.45, 2.75) is 26.7 Å². The van der Waals surface area contributed by atoms with Gasteiger partial charge in [-0.2, -0.15) is 0 Å². The topological polar surface area (TPSA) is 33.5 Å². The van der Waals surface area contributed by atoms with E-state index in [0.717, 1.165) is 38.2 Å². The lowest BCUT2D eigenvalue weighted by Gasteiger charge is -2.15. The molecule has 0 aromatic heterocycles. The van der Waals surface area contributed by atoms with Crippen molar-refractivity contribution in [1.82, 2.24) is 5.32 Å². The maximum absolute atomic E-state index is 11.7. The normalized spacial score (nSPS) is 10.1. The summed E-state index contributed by atoms with van der Waals surface area (Å²) in [5, 5.41) is 2.98. The molecule has 0 fully saturated rings. The van der Waals surface area contributed by atoms with Gasteiger partial charge in [0.25, 0.3) is 0 Å². The lowest BCUT2D eigenvalue weighted by atomic mass is 10.1. The summed E-state index contributed by atoms with van der Waals surface area (Å²) < 4.78 is 0. The summed E-state index contributed by atoms with van der Waals surface area (Å²) in [6.07, 6.45) is 1.54. The highest BCUT2D eigenvalue weighted by molar-refractivity contribution is 5.78. The van der Waals surface area contributed by atoms with Crippen molar-refractivity contribution in [3.63, 3.8) is 0 Å². The zero-order chi connectivity index (χ0) is 13.2. The van der Waals surface area contributed by atoms with Gasteiger partial charge in [-0.3, -0.25) is 4.79 Å². The fraction of sp³-hybridized carbons (Fsp3) is 0.533. The van der Waals surface area contributed by atoms with E-state index in [1.807, 2.05) is 30.3 Å². The summed E-state index contributed by atoms with van der Waals surface area (Å²) in [7, 11) is 0. The van der Waals surface area contributed by atoms with Crippen molar-refractivity contribution < 1.29 is 22.1 Å². The largest absolute Gasteiger partial charge is 1.00 e. The van der Waals surface area contributed by atoms with Crippen LogP contribution < -0.4 is 22.6 Å². The van der Waals surface area contributed by atoms with Gasteiger partial charge in [-0.05, 0) is 19.4 Å². The highest BCUT2D eigenvalue weighted by Crippen LogP contribution is 1.98. The molecule has 19 heavy (non-hydrogen) atoms. The minimum atomic E-state index is 0. The Morgan fingerprint density at radius 3 is 2.37 bits per heavy atom. The van der Waals surface area contributed by atoms with Gasteiger partial charge in [0.05, 0.1) is 26.1 Å². The van der Waals surface area contributed by atoms with Gasteiger partial charge in [0.15, 0.2) is 0 Å². The van der Waals surface area contributed by atoms with Crippen molar-refractivity contribution in [3.05, 3.63) is 35.9 Å². The van der Waals surface area contributed by atoms with Crippen molar-refractivity contribution >= 4 is 5.91 Å². The number of carbonyl (C=O) groups is 1. The predicted octanol–water partition coefficient (Wildman–Crippen LogP) is -2.34. The number of hydrogen-bond donors (Lipinski definition) is 2. The third-order valence-electron chi connectivity index (χ3n) is 3.24. The first-order valence-electron chi connectivity index (χ1n) is 6.90. The monoisotopic (exact) mass is 284 g/mol. The van der Waals surface area contributed by atoms with Crippen LogP contribution in [0.3, 0.4) is 0 Å². The van der Waals surface area contributed by atoms with Crippen LogP contribution in [0.2, 0.25) is 0 Å². The van der Waals surface area contributed by atoms with E-state index < -0.39 is 0 Å². The predicted molar refractivity (Wildman–Crippen MR) is 74.7 cm³/mol. The molecule has 1 rings (SSSR count). The maximum Gasteiger partial charge on any atom is 0.224 e. The van der Waals surface area contributed by atoms with E-state index in [1.54, 1.807) is 4.90 Å². The second-order valence-corrected chi connectivity index (χ2v) is 4.57. The number of carbonyl (C=O) groups excluding carboxylic acids is 1. The number of quaternary nitrogens is 1. The van der Waals surface area contributed by atoms with Gasteiger partial charge in [-0.25, -0.2) is 0 Å². The third kappa shape index (κ3) is 7.85. The molecule has 0 aliphatic carbocycles. The summed E-state index contributed by atoms with van der Waals surface area (Å²) in [5.41, 5.74) is 1.07. The molecule has 2 N–H and O–H groups in total. The van der Waals surface area contributed by atoms with Crippen LogP contribution in [0.4, 0.5) is 0 Å². The highest BCUT2D eigenvalue weighted by atomic mass is 35.5. The second kappa shape index (κ2) is 10.8. The standard InChI is InChI=1S/C15H24N2O.ClH/c1-3-17(4-2)12-8-11-16-15(18)13-14-9-6-5-7-10-14;/h5-7,9-10H,3-4,8,11-13H2,1-2H3,(H,16,18);1H. The molecule has 0 aliphatic heterocycles. The Kier molecular flexibility index (Phi) is 10.2. The summed E-state index contributed by atoms with van der Waals surface area (Å²) >= 11 is 0. The Labute approximate surface area is 122 Å². The van der Waals surface area contributed by atoms with Crippen molar-refractivity contribution in [2.24, 2.45) is 0 Å². The molecular formula is C15H25ClN2O. The Balaban J connectivity index is 0.00000324. The average Bonchev–Trinajstić information content (AvgIpc) is 2.40. The third-order valence-corrected chi connectivity index (χ3v) is 3.24. The number of hydrogen-bond acceptors (Lipinski definition) is 1. The Hall–Kier alpha value is -1.06. The van der Waals surface area contributed by atoms with Gasteiger partial charge >= 0.3 is 0 Å². The van der Waals surface area contributed by atoms with E-state index in [9.17, 15) is 4.79 Å². The molecule has 0 unspecified atom stereocenters. The highest BCUT2D eigenvalue weighted by Gasteiger charge is 2.04. The molecule has 0 bridgehead atoms. The number of rotatable bonds is 8. The molecule has 0 saturated heterocycles. The lowest BCUT2D eigenvalue weighted by molar-refractivity contribution is -0.896. The van der Waals surface area contributed by atoms with E-state index in [-0.39, 0.29) is 18.3 Å². The summed E-state index contributed by atoms with van der Waals surface area (Å²) in [6, 6.07) is 9.87. The summed E-state index contributed by atoms with van der Waals surface area (Å²) in [6.45, 7) is 8.65. The fourth-order valence-corrected chi connectivity index (χ4v) is 2.01.